The lowest BCUT2D eigenvalue weighted by molar-refractivity contribution is 0.917. The lowest BCUT2D eigenvalue weighted by Gasteiger charge is -2.21. The van der Waals surface area contributed by atoms with Gasteiger partial charge in [-0.2, -0.15) is 0 Å². The monoisotopic (exact) mass is 498 g/mol. The first-order valence-corrected chi connectivity index (χ1v) is 13.6. The largest absolute Gasteiger partial charge is 0.295 e. The molecule has 8 rings (SSSR count). The van der Waals surface area contributed by atoms with Crippen molar-refractivity contribution in [1.29, 1.82) is 0 Å². The van der Waals surface area contributed by atoms with Crippen molar-refractivity contribution in [3.05, 3.63) is 133 Å². The van der Waals surface area contributed by atoms with E-state index in [2.05, 4.69) is 139 Å². The summed E-state index contributed by atoms with van der Waals surface area (Å²) < 4.78 is 2.39. The molecule has 184 valence electrons. The molecule has 0 N–H and O–H groups in total. The van der Waals surface area contributed by atoms with E-state index in [-0.39, 0.29) is 0 Å². The smallest absolute Gasteiger partial charge is 0.114 e. The van der Waals surface area contributed by atoms with Crippen LogP contribution in [0, 0.1) is 0 Å². The highest BCUT2D eigenvalue weighted by Gasteiger charge is 2.21. The van der Waals surface area contributed by atoms with E-state index in [0.29, 0.717) is 0 Å². The minimum atomic E-state index is 0.856. The van der Waals surface area contributed by atoms with Crippen LogP contribution in [0.5, 0.6) is 0 Å². The second-order valence-corrected chi connectivity index (χ2v) is 10.2. The van der Waals surface area contributed by atoms with Crippen LogP contribution >= 0.6 is 0 Å². The quantitative estimate of drug-likeness (QED) is 0.175. The Labute approximate surface area is 226 Å². The number of nitrogens with zero attached hydrogens (tertiary/aromatic N) is 2. The molecule has 0 saturated carbocycles. The summed E-state index contributed by atoms with van der Waals surface area (Å²) in [5.74, 6) is 1.08. The average molecular weight is 499 g/mol. The Morgan fingerprint density at radius 2 is 1.08 bits per heavy atom. The molecule has 39 heavy (non-hydrogen) atoms. The van der Waals surface area contributed by atoms with Crippen LogP contribution in [-0.4, -0.2) is 9.55 Å². The third kappa shape index (κ3) is 3.18. The van der Waals surface area contributed by atoms with Crippen molar-refractivity contribution in [1.82, 2.24) is 9.55 Å². The fraction of sp³-hybridized carbons (Fsp3) is 0.0541. The van der Waals surface area contributed by atoms with E-state index in [0.717, 1.165) is 23.3 Å². The van der Waals surface area contributed by atoms with Crippen LogP contribution in [0.3, 0.4) is 0 Å². The number of aryl methyl sites for hydroxylation is 1. The Bertz CT molecular complexity index is 2160. The Hall–Kier alpha value is -4.95. The first-order chi connectivity index (χ1) is 19.3. The topological polar surface area (TPSA) is 17.8 Å². The minimum absolute atomic E-state index is 0.856. The van der Waals surface area contributed by atoms with Gasteiger partial charge in [0.05, 0.1) is 16.7 Å². The molecule has 2 heteroatoms. The molecule has 7 aromatic carbocycles. The number of benzene rings is 7. The van der Waals surface area contributed by atoms with E-state index in [1.54, 1.807) is 0 Å². The second-order valence-electron chi connectivity index (χ2n) is 10.2. The van der Waals surface area contributed by atoms with Crippen molar-refractivity contribution >= 4 is 54.1 Å². The van der Waals surface area contributed by atoms with E-state index in [1.807, 2.05) is 0 Å². The number of aromatic nitrogens is 2. The van der Waals surface area contributed by atoms with Crippen LogP contribution in [0.2, 0.25) is 0 Å². The summed E-state index contributed by atoms with van der Waals surface area (Å²) in [7, 11) is 0. The second kappa shape index (κ2) is 8.54. The number of hydrogen-bond donors (Lipinski definition) is 0. The van der Waals surface area contributed by atoms with Gasteiger partial charge in [0.2, 0.25) is 0 Å². The van der Waals surface area contributed by atoms with Crippen molar-refractivity contribution in [3.8, 4) is 16.8 Å². The fourth-order valence-electron chi connectivity index (χ4n) is 6.46. The summed E-state index contributed by atoms with van der Waals surface area (Å²) in [5.41, 5.74) is 5.95. The number of fused-ring (bicyclic) bond motifs is 6. The predicted molar refractivity (Wildman–Crippen MR) is 166 cm³/mol. The van der Waals surface area contributed by atoms with Crippen LogP contribution in [-0.2, 0) is 6.42 Å². The molecule has 2 nitrogen and oxygen atoms in total. The molecule has 1 aromatic heterocycles. The van der Waals surface area contributed by atoms with Gasteiger partial charge >= 0.3 is 0 Å². The number of imidazole rings is 1. The molecule has 1 heterocycles. The molecule has 0 atom stereocenters. The molecular formula is C37H26N2. The van der Waals surface area contributed by atoms with Crippen LogP contribution in [0.1, 0.15) is 12.7 Å². The number of hydrogen-bond acceptors (Lipinski definition) is 1. The standard InChI is InChI=1S/C37H26N2/c1-2-35-38-33-21-11-12-22-34(33)39(35)37-30-19-9-7-17-28(30)36(29-18-8-10-20-31(29)37)32-23-24-13-3-4-14-25(24)26-15-5-6-16-27(26)32/h3-23H,2H2,1H3. The maximum atomic E-state index is 5.04. The fourth-order valence-corrected chi connectivity index (χ4v) is 6.46. The minimum Gasteiger partial charge on any atom is -0.295 e. The van der Waals surface area contributed by atoms with Crippen molar-refractivity contribution in [3.63, 3.8) is 0 Å². The van der Waals surface area contributed by atoms with Gasteiger partial charge in [-0.25, -0.2) is 4.98 Å². The summed E-state index contributed by atoms with van der Waals surface area (Å²) in [6, 6.07) is 46.2. The lowest BCUT2D eigenvalue weighted by Crippen LogP contribution is -2.03. The Kier molecular flexibility index (Phi) is 4.83. The number of para-hydroxylation sites is 2. The SMILES string of the molecule is CCc1nc2ccccc2n1-c1c2ccccc2c(-c2cc3ccccc3c3ccccc23)c2ccccc12. The normalized spacial score (nSPS) is 11.8. The average Bonchev–Trinajstić information content (AvgIpc) is 3.38. The van der Waals surface area contributed by atoms with Crippen LogP contribution in [0.4, 0.5) is 0 Å². The molecule has 0 bridgehead atoms. The summed E-state index contributed by atoms with van der Waals surface area (Å²) >= 11 is 0. The van der Waals surface area contributed by atoms with E-state index in [4.69, 9.17) is 4.98 Å². The zero-order valence-electron chi connectivity index (χ0n) is 21.7. The van der Waals surface area contributed by atoms with Gasteiger partial charge in [0.25, 0.3) is 0 Å². The molecule has 0 spiro atoms. The number of rotatable bonds is 3. The van der Waals surface area contributed by atoms with Gasteiger partial charge in [0.1, 0.15) is 5.82 Å². The third-order valence-corrected chi connectivity index (χ3v) is 8.11. The molecule has 0 aliphatic carbocycles. The van der Waals surface area contributed by atoms with Crippen LogP contribution in [0.15, 0.2) is 127 Å². The van der Waals surface area contributed by atoms with Crippen LogP contribution in [0.25, 0.3) is 70.9 Å². The van der Waals surface area contributed by atoms with E-state index in [1.165, 1.54) is 59.9 Å². The maximum Gasteiger partial charge on any atom is 0.114 e. The van der Waals surface area contributed by atoms with E-state index >= 15 is 0 Å². The first-order valence-electron chi connectivity index (χ1n) is 13.6. The summed E-state index contributed by atoms with van der Waals surface area (Å²) in [4.78, 5) is 5.04. The van der Waals surface area contributed by atoms with Crippen molar-refractivity contribution < 1.29 is 0 Å². The molecule has 0 unspecified atom stereocenters. The molecular weight excluding hydrogens is 472 g/mol. The Morgan fingerprint density at radius 1 is 0.538 bits per heavy atom. The van der Waals surface area contributed by atoms with Gasteiger partial charge in [-0.05, 0) is 61.6 Å². The molecule has 8 aromatic rings. The van der Waals surface area contributed by atoms with Gasteiger partial charge in [0, 0.05) is 17.2 Å². The van der Waals surface area contributed by atoms with Crippen molar-refractivity contribution in [2.45, 2.75) is 13.3 Å². The van der Waals surface area contributed by atoms with Gasteiger partial charge in [0.15, 0.2) is 0 Å². The molecule has 0 fully saturated rings. The Morgan fingerprint density at radius 3 is 1.77 bits per heavy atom. The zero-order valence-corrected chi connectivity index (χ0v) is 21.7. The van der Waals surface area contributed by atoms with Crippen LogP contribution < -0.4 is 0 Å². The summed E-state index contributed by atoms with van der Waals surface area (Å²) in [5, 5.41) is 10.1. The van der Waals surface area contributed by atoms with Gasteiger partial charge < -0.3 is 0 Å². The third-order valence-electron chi connectivity index (χ3n) is 8.11. The first kappa shape index (κ1) is 22.1. The van der Waals surface area contributed by atoms with E-state index < -0.39 is 0 Å². The molecule has 0 aliphatic heterocycles. The summed E-state index contributed by atoms with van der Waals surface area (Å²) in [6.07, 6.45) is 0.856. The van der Waals surface area contributed by atoms with Gasteiger partial charge in [-0.3, -0.25) is 4.57 Å². The Balaban J connectivity index is 1.60. The summed E-state index contributed by atoms with van der Waals surface area (Å²) in [6.45, 7) is 2.19. The van der Waals surface area contributed by atoms with Gasteiger partial charge in [-0.15, -0.1) is 0 Å². The molecule has 0 radical (unpaired) electrons. The van der Waals surface area contributed by atoms with Gasteiger partial charge in [-0.1, -0.05) is 116 Å². The zero-order chi connectivity index (χ0) is 25.9. The lowest BCUT2D eigenvalue weighted by atomic mass is 9.86. The maximum absolute atomic E-state index is 5.04. The van der Waals surface area contributed by atoms with Crippen molar-refractivity contribution in [2.75, 3.05) is 0 Å². The highest BCUT2D eigenvalue weighted by atomic mass is 15.1. The molecule has 0 amide bonds. The van der Waals surface area contributed by atoms with Crippen molar-refractivity contribution in [2.24, 2.45) is 0 Å². The molecule has 0 saturated heterocycles. The highest BCUT2D eigenvalue weighted by Crippen LogP contribution is 2.45. The van der Waals surface area contributed by atoms with E-state index in [9.17, 15) is 0 Å². The highest BCUT2D eigenvalue weighted by molar-refractivity contribution is 6.24. The predicted octanol–water partition coefficient (Wildman–Crippen LogP) is 9.87. The molecule has 0 aliphatic rings.